The summed E-state index contributed by atoms with van der Waals surface area (Å²) in [5.74, 6) is -0.712. The number of benzene rings is 2. The summed E-state index contributed by atoms with van der Waals surface area (Å²) < 4.78 is 41.5. The average Bonchev–Trinajstić information content (AvgIpc) is 2.58. The Hall–Kier alpha value is -2.70. The van der Waals surface area contributed by atoms with Gasteiger partial charge in [-0.3, -0.25) is 4.79 Å². The quantitative estimate of drug-likeness (QED) is 0.742. The van der Waals surface area contributed by atoms with Crippen LogP contribution in [0.4, 0.5) is 18.9 Å². The van der Waals surface area contributed by atoms with Crippen molar-refractivity contribution in [2.75, 3.05) is 18.5 Å². The molecule has 140 valence electrons. The number of rotatable bonds is 8. The number of hydrogen-bond acceptors (Lipinski definition) is 3. The second kappa shape index (κ2) is 8.60. The standard InChI is InChI=1S/C19H21F3N2O2/c1-13(9-14-5-3-2-4-6-14)11-24-15-7-8-17(16(10-15)18(23)25)26-12-19(20,21)22/h2-8,10,13,24H,9,11-12H2,1H3,(H2,23,25)/t13-/m1/s1. The van der Waals surface area contributed by atoms with Gasteiger partial charge in [-0.2, -0.15) is 13.2 Å². The second-order valence-electron chi connectivity index (χ2n) is 6.15. The van der Waals surface area contributed by atoms with Crippen LogP contribution in [0.2, 0.25) is 0 Å². The highest BCUT2D eigenvalue weighted by molar-refractivity contribution is 5.96. The number of anilines is 1. The Morgan fingerprint density at radius 1 is 1.19 bits per heavy atom. The first-order valence-corrected chi connectivity index (χ1v) is 8.16. The normalized spacial score (nSPS) is 12.5. The van der Waals surface area contributed by atoms with Crippen LogP contribution in [-0.2, 0) is 6.42 Å². The Balaban J connectivity index is 1.99. The van der Waals surface area contributed by atoms with Crippen molar-refractivity contribution in [1.29, 1.82) is 0 Å². The first kappa shape index (κ1) is 19.6. The van der Waals surface area contributed by atoms with Crippen LogP contribution in [0.25, 0.3) is 0 Å². The van der Waals surface area contributed by atoms with Crippen molar-refractivity contribution in [2.45, 2.75) is 19.5 Å². The number of halogens is 3. The van der Waals surface area contributed by atoms with Crippen LogP contribution in [0, 0.1) is 5.92 Å². The Labute approximate surface area is 150 Å². The van der Waals surface area contributed by atoms with Crippen molar-refractivity contribution in [2.24, 2.45) is 11.7 Å². The molecule has 0 fully saturated rings. The summed E-state index contributed by atoms with van der Waals surface area (Å²) in [4.78, 5) is 11.5. The van der Waals surface area contributed by atoms with E-state index in [9.17, 15) is 18.0 Å². The predicted molar refractivity (Wildman–Crippen MR) is 94.3 cm³/mol. The number of amides is 1. The zero-order valence-electron chi connectivity index (χ0n) is 14.3. The molecule has 0 heterocycles. The monoisotopic (exact) mass is 366 g/mol. The summed E-state index contributed by atoms with van der Waals surface area (Å²) in [5, 5.41) is 3.17. The van der Waals surface area contributed by atoms with Gasteiger partial charge in [-0.25, -0.2) is 0 Å². The van der Waals surface area contributed by atoms with E-state index in [2.05, 4.69) is 29.1 Å². The molecule has 7 heteroatoms. The Morgan fingerprint density at radius 2 is 1.88 bits per heavy atom. The molecule has 0 aliphatic heterocycles. The molecule has 0 saturated heterocycles. The van der Waals surface area contributed by atoms with Crippen LogP contribution in [0.15, 0.2) is 48.5 Å². The molecule has 0 aromatic heterocycles. The fraction of sp³-hybridized carbons (Fsp3) is 0.316. The second-order valence-corrected chi connectivity index (χ2v) is 6.15. The topological polar surface area (TPSA) is 64.3 Å². The third-order valence-electron chi connectivity index (χ3n) is 3.72. The molecule has 2 rings (SSSR count). The minimum Gasteiger partial charge on any atom is -0.483 e. The number of nitrogens with two attached hydrogens (primary N) is 1. The Morgan fingerprint density at radius 3 is 2.50 bits per heavy atom. The molecule has 0 aliphatic carbocycles. The third kappa shape index (κ3) is 6.31. The molecule has 0 bridgehead atoms. The highest BCUT2D eigenvalue weighted by Gasteiger charge is 2.29. The van der Waals surface area contributed by atoms with E-state index in [4.69, 9.17) is 5.73 Å². The molecule has 4 nitrogen and oxygen atoms in total. The zero-order chi connectivity index (χ0) is 19.2. The van der Waals surface area contributed by atoms with E-state index < -0.39 is 18.7 Å². The third-order valence-corrected chi connectivity index (χ3v) is 3.72. The van der Waals surface area contributed by atoms with Gasteiger partial charge < -0.3 is 15.8 Å². The van der Waals surface area contributed by atoms with Gasteiger partial charge in [0.1, 0.15) is 5.75 Å². The summed E-state index contributed by atoms with van der Waals surface area (Å²) in [6.45, 7) is 1.24. The van der Waals surface area contributed by atoms with E-state index in [-0.39, 0.29) is 11.3 Å². The molecule has 2 aromatic rings. The van der Waals surface area contributed by atoms with Crippen molar-refractivity contribution in [3.8, 4) is 5.75 Å². The highest BCUT2D eigenvalue weighted by atomic mass is 19.4. The number of carbonyl (C=O) groups is 1. The fourth-order valence-corrected chi connectivity index (χ4v) is 2.50. The number of nitrogens with one attached hydrogen (secondary N) is 1. The Kier molecular flexibility index (Phi) is 6.49. The van der Waals surface area contributed by atoms with Crippen LogP contribution in [0.1, 0.15) is 22.8 Å². The molecule has 0 spiro atoms. The Bertz CT molecular complexity index is 733. The molecule has 0 unspecified atom stereocenters. The maximum absolute atomic E-state index is 12.3. The highest BCUT2D eigenvalue weighted by Crippen LogP contribution is 2.25. The lowest BCUT2D eigenvalue weighted by atomic mass is 10.0. The summed E-state index contributed by atoms with van der Waals surface area (Å²) >= 11 is 0. The van der Waals surface area contributed by atoms with E-state index in [1.54, 1.807) is 6.07 Å². The van der Waals surface area contributed by atoms with Gasteiger partial charge in [-0.05, 0) is 36.1 Å². The molecule has 2 aromatic carbocycles. The van der Waals surface area contributed by atoms with Gasteiger partial charge in [0.2, 0.25) is 0 Å². The maximum atomic E-state index is 12.3. The van der Waals surface area contributed by atoms with Crippen molar-refractivity contribution >= 4 is 11.6 Å². The first-order valence-electron chi connectivity index (χ1n) is 8.16. The molecule has 0 saturated carbocycles. The lowest BCUT2D eigenvalue weighted by molar-refractivity contribution is -0.153. The summed E-state index contributed by atoms with van der Waals surface area (Å²) in [6.07, 6.45) is -3.61. The van der Waals surface area contributed by atoms with Gasteiger partial charge in [-0.1, -0.05) is 37.3 Å². The summed E-state index contributed by atoms with van der Waals surface area (Å²) in [5.41, 5.74) is 6.98. The van der Waals surface area contributed by atoms with Crippen LogP contribution >= 0.6 is 0 Å². The molecular formula is C19H21F3N2O2. The van der Waals surface area contributed by atoms with Crippen LogP contribution < -0.4 is 15.8 Å². The van der Waals surface area contributed by atoms with Gasteiger partial charge in [-0.15, -0.1) is 0 Å². The van der Waals surface area contributed by atoms with Gasteiger partial charge in [0.25, 0.3) is 5.91 Å². The van der Waals surface area contributed by atoms with E-state index >= 15 is 0 Å². The molecular weight excluding hydrogens is 345 g/mol. The molecule has 1 atom stereocenters. The summed E-state index contributed by atoms with van der Waals surface area (Å²) in [6, 6.07) is 14.3. The summed E-state index contributed by atoms with van der Waals surface area (Å²) in [7, 11) is 0. The maximum Gasteiger partial charge on any atom is 0.422 e. The SMILES string of the molecule is C[C@@H](CNc1ccc(OCC(F)(F)F)c(C(N)=O)c1)Cc1ccccc1. The minimum absolute atomic E-state index is 0.0880. The predicted octanol–water partition coefficient (Wildman–Crippen LogP) is 4.02. The van der Waals surface area contributed by atoms with Gasteiger partial charge in [0.15, 0.2) is 6.61 Å². The number of alkyl halides is 3. The largest absolute Gasteiger partial charge is 0.483 e. The molecule has 1 amide bonds. The lowest BCUT2D eigenvalue weighted by Crippen LogP contribution is -2.21. The first-order chi connectivity index (χ1) is 12.2. The number of primary amides is 1. The van der Waals surface area contributed by atoms with E-state index in [1.165, 1.54) is 17.7 Å². The van der Waals surface area contributed by atoms with Gasteiger partial charge >= 0.3 is 6.18 Å². The van der Waals surface area contributed by atoms with Crippen molar-refractivity contribution in [3.63, 3.8) is 0 Å². The van der Waals surface area contributed by atoms with Crippen LogP contribution in [0.5, 0.6) is 5.75 Å². The molecule has 0 aliphatic rings. The molecule has 0 radical (unpaired) electrons. The minimum atomic E-state index is -4.49. The average molecular weight is 366 g/mol. The van der Waals surface area contributed by atoms with Crippen LogP contribution in [0.3, 0.4) is 0 Å². The van der Waals surface area contributed by atoms with Crippen molar-refractivity contribution in [3.05, 3.63) is 59.7 Å². The lowest BCUT2D eigenvalue weighted by Gasteiger charge is -2.16. The van der Waals surface area contributed by atoms with E-state index in [0.717, 1.165) is 6.42 Å². The number of carbonyl (C=O) groups excluding carboxylic acids is 1. The van der Waals surface area contributed by atoms with Crippen LogP contribution in [-0.4, -0.2) is 25.2 Å². The smallest absolute Gasteiger partial charge is 0.422 e. The number of ether oxygens (including phenoxy) is 1. The van der Waals surface area contributed by atoms with Crippen molar-refractivity contribution in [1.82, 2.24) is 0 Å². The van der Waals surface area contributed by atoms with Crippen molar-refractivity contribution < 1.29 is 22.7 Å². The van der Waals surface area contributed by atoms with Gasteiger partial charge in [0, 0.05) is 12.2 Å². The molecule has 3 N–H and O–H groups in total. The molecule has 26 heavy (non-hydrogen) atoms. The van der Waals surface area contributed by atoms with E-state index in [0.29, 0.717) is 18.2 Å². The van der Waals surface area contributed by atoms with Gasteiger partial charge in [0.05, 0.1) is 5.56 Å². The number of hydrogen-bond donors (Lipinski definition) is 2. The van der Waals surface area contributed by atoms with E-state index in [1.807, 2.05) is 18.2 Å². The fourth-order valence-electron chi connectivity index (χ4n) is 2.50. The zero-order valence-corrected chi connectivity index (χ0v) is 14.3.